The van der Waals surface area contributed by atoms with E-state index in [1.165, 1.54) is 17.0 Å². The van der Waals surface area contributed by atoms with E-state index in [-0.39, 0.29) is 24.2 Å². The van der Waals surface area contributed by atoms with E-state index in [2.05, 4.69) is 22.4 Å². The zero-order valence-electron chi connectivity index (χ0n) is 13.5. The quantitative estimate of drug-likeness (QED) is 0.671. The smallest absolute Gasteiger partial charge is 0.322 e. The third-order valence-electron chi connectivity index (χ3n) is 3.34. The van der Waals surface area contributed by atoms with E-state index in [1.807, 2.05) is 24.3 Å². The van der Waals surface area contributed by atoms with E-state index in [4.69, 9.17) is 4.42 Å². The second-order valence-corrected chi connectivity index (χ2v) is 6.56. The maximum atomic E-state index is 13.2. The number of nitrogens with one attached hydrogen (secondary N) is 1. The molecule has 0 fully saturated rings. The maximum Gasteiger partial charge on any atom is 0.322 e. The highest BCUT2D eigenvalue weighted by molar-refractivity contribution is 7.99. The van der Waals surface area contributed by atoms with Crippen LogP contribution in [0.2, 0.25) is 0 Å². The van der Waals surface area contributed by atoms with E-state index in [0.29, 0.717) is 5.56 Å². The van der Waals surface area contributed by atoms with Crippen LogP contribution in [0.25, 0.3) is 11.5 Å². The summed E-state index contributed by atoms with van der Waals surface area (Å²) in [6, 6.07) is 13.6. The molecule has 1 N–H and O–H groups in total. The van der Waals surface area contributed by atoms with Gasteiger partial charge in [0.05, 0.1) is 6.42 Å². The zero-order valence-corrected chi connectivity index (χ0v) is 14.3. The molecule has 0 spiro atoms. The summed E-state index contributed by atoms with van der Waals surface area (Å²) in [6.45, 7) is 2.09. The van der Waals surface area contributed by atoms with Gasteiger partial charge in [0.2, 0.25) is 11.8 Å². The zero-order chi connectivity index (χ0) is 17.6. The first-order valence-electron chi connectivity index (χ1n) is 7.75. The standard InChI is InChI=1S/C18H16FN3O2S/c1-2-25-15-8-6-12(7-9-15)10-16(23)20-18-22-21-17(24-18)13-4-3-5-14(19)11-13/h3-9,11H,2,10H2,1H3,(H,20,22,23). The molecule has 0 saturated carbocycles. The van der Waals surface area contributed by atoms with Crippen molar-refractivity contribution in [3.05, 3.63) is 59.9 Å². The van der Waals surface area contributed by atoms with E-state index in [0.717, 1.165) is 11.3 Å². The number of halogens is 1. The van der Waals surface area contributed by atoms with Crippen LogP contribution >= 0.6 is 11.8 Å². The molecule has 1 heterocycles. The minimum Gasteiger partial charge on any atom is -0.403 e. The summed E-state index contributed by atoms with van der Waals surface area (Å²) in [6.07, 6.45) is 0.203. The van der Waals surface area contributed by atoms with Crippen molar-refractivity contribution in [2.75, 3.05) is 11.1 Å². The van der Waals surface area contributed by atoms with Crippen molar-refractivity contribution >= 4 is 23.7 Å². The van der Waals surface area contributed by atoms with Crippen LogP contribution in [0.1, 0.15) is 12.5 Å². The third-order valence-corrected chi connectivity index (χ3v) is 4.24. The highest BCUT2D eigenvalue weighted by Crippen LogP contribution is 2.21. The van der Waals surface area contributed by atoms with Crippen LogP contribution in [-0.2, 0) is 11.2 Å². The molecule has 0 aliphatic rings. The van der Waals surface area contributed by atoms with E-state index < -0.39 is 5.82 Å². The Morgan fingerprint density at radius 2 is 2.00 bits per heavy atom. The van der Waals surface area contributed by atoms with E-state index in [1.54, 1.807) is 23.9 Å². The summed E-state index contributed by atoms with van der Waals surface area (Å²) < 4.78 is 18.6. The SMILES string of the molecule is CCSc1ccc(CC(=O)Nc2nnc(-c3cccc(F)c3)o2)cc1. The monoisotopic (exact) mass is 357 g/mol. The molecule has 0 radical (unpaired) electrons. The summed E-state index contributed by atoms with van der Waals surface area (Å²) in [5.74, 6) is 0.497. The second kappa shape index (κ2) is 7.94. The Hall–Kier alpha value is -2.67. The van der Waals surface area contributed by atoms with Crippen molar-refractivity contribution in [3.8, 4) is 11.5 Å². The first kappa shape index (κ1) is 17.2. The molecule has 0 saturated heterocycles. The number of hydrogen-bond acceptors (Lipinski definition) is 5. The lowest BCUT2D eigenvalue weighted by molar-refractivity contribution is -0.115. The molecule has 3 aromatic rings. The van der Waals surface area contributed by atoms with Gasteiger partial charge in [-0.1, -0.05) is 30.2 Å². The molecule has 0 aliphatic heterocycles. The molecule has 2 aromatic carbocycles. The van der Waals surface area contributed by atoms with Crippen molar-refractivity contribution in [3.63, 3.8) is 0 Å². The summed E-state index contributed by atoms with van der Waals surface area (Å²) in [5.41, 5.74) is 1.35. The van der Waals surface area contributed by atoms with Gasteiger partial charge in [0, 0.05) is 10.5 Å². The topological polar surface area (TPSA) is 68.0 Å². The normalized spacial score (nSPS) is 10.6. The summed E-state index contributed by atoms with van der Waals surface area (Å²) in [5, 5.41) is 10.1. The number of hydrogen-bond donors (Lipinski definition) is 1. The molecule has 1 aromatic heterocycles. The Labute approximate surface area is 148 Å². The minimum absolute atomic E-state index is 0.0116. The van der Waals surface area contributed by atoms with Crippen LogP contribution in [0.5, 0.6) is 0 Å². The number of thioether (sulfide) groups is 1. The molecule has 5 nitrogen and oxygen atoms in total. The molecular weight excluding hydrogens is 341 g/mol. The maximum absolute atomic E-state index is 13.2. The number of carbonyl (C=O) groups excluding carboxylic acids is 1. The third kappa shape index (κ3) is 4.67. The molecule has 1 amide bonds. The van der Waals surface area contributed by atoms with Gasteiger partial charge in [0.1, 0.15) is 5.82 Å². The average molecular weight is 357 g/mol. The van der Waals surface area contributed by atoms with Gasteiger partial charge in [-0.05, 0) is 41.6 Å². The number of carbonyl (C=O) groups is 1. The van der Waals surface area contributed by atoms with Gasteiger partial charge in [-0.2, -0.15) is 0 Å². The Bertz CT molecular complexity index is 865. The molecule has 7 heteroatoms. The average Bonchev–Trinajstić information content (AvgIpc) is 3.05. The highest BCUT2D eigenvalue weighted by atomic mass is 32.2. The molecule has 128 valence electrons. The largest absolute Gasteiger partial charge is 0.403 e. The second-order valence-electron chi connectivity index (χ2n) is 5.22. The molecule has 0 atom stereocenters. The number of benzene rings is 2. The van der Waals surface area contributed by atoms with Crippen LogP contribution in [0, 0.1) is 5.82 Å². The van der Waals surface area contributed by atoms with Gasteiger partial charge in [0.15, 0.2) is 0 Å². The number of rotatable bonds is 6. The minimum atomic E-state index is -0.397. The number of aromatic nitrogens is 2. The molecule has 0 unspecified atom stereocenters. The fraction of sp³-hybridized carbons (Fsp3) is 0.167. The first-order chi connectivity index (χ1) is 12.1. The lowest BCUT2D eigenvalue weighted by atomic mass is 10.1. The van der Waals surface area contributed by atoms with Crippen molar-refractivity contribution in [2.24, 2.45) is 0 Å². The van der Waals surface area contributed by atoms with Crippen LogP contribution in [0.4, 0.5) is 10.4 Å². The predicted molar refractivity (Wildman–Crippen MR) is 94.9 cm³/mol. The van der Waals surface area contributed by atoms with Gasteiger partial charge in [-0.25, -0.2) is 4.39 Å². The number of nitrogens with zero attached hydrogens (tertiary/aromatic N) is 2. The highest BCUT2D eigenvalue weighted by Gasteiger charge is 2.12. The fourth-order valence-corrected chi connectivity index (χ4v) is 2.89. The molecule has 0 bridgehead atoms. The van der Waals surface area contributed by atoms with Gasteiger partial charge in [-0.3, -0.25) is 10.1 Å². The van der Waals surface area contributed by atoms with Crippen molar-refractivity contribution in [2.45, 2.75) is 18.2 Å². The Balaban J connectivity index is 1.61. The summed E-state index contributed by atoms with van der Waals surface area (Å²) in [7, 11) is 0. The van der Waals surface area contributed by atoms with Gasteiger partial charge in [-0.15, -0.1) is 16.9 Å². The lowest BCUT2D eigenvalue weighted by Gasteiger charge is -2.03. The molecular formula is C18H16FN3O2S. The van der Waals surface area contributed by atoms with E-state index >= 15 is 0 Å². The molecule has 3 rings (SSSR count). The van der Waals surface area contributed by atoms with Crippen molar-refractivity contribution in [1.29, 1.82) is 0 Å². The Kier molecular flexibility index (Phi) is 5.45. The van der Waals surface area contributed by atoms with E-state index in [9.17, 15) is 9.18 Å². The Morgan fingerprint density at radius 1 is 1.20 bits per heavy atom. The van der Waals surface area contributed by atoms with Crippen molar-refractivity contribution < 1.29 is 13.6 Å². The molecule has 0 aliphatic carbocycles. The van der Waals surface area contributed by atoms with Crippen molar-refractivity contribution in [1.82, 2.24) is 10.2 Å². The van der Waals surface area contributed by atoms with Crippen LogP contribution in [0.15, 0.2) is 57.8 Å². The first-order valence-corrected chi connectivity index (χ1v) is 8.73. The predicted octanol–water partition coefficient (Wildman–Crippen LogP) is 4.17. The van der Waals surface area contributed by atoms with Gasteiger partial charge in [0.25, 0.3) is 0 Å². The van der Waals surface area contributed by atoms with Gasteiger partial charge >= 0.3 is 6.01 Å². The lowest BCUT2D eigenvalue weighted by Crippen LogP contribution is -2.14. The van der Waals surface area contributed by atoms with Crippen LogP contribution < -0.4 is 5.32 Å². The number of anilines is 1. The number of amides is 1. The molecule has 25 heavy (non-hydrogen) atoms. The van der Waals surface area contributed by atoms with Crippen LogP contribution in [0.3, 0.4) is 0 Å². The fourth-order valence-electron chi connectivity index (χ4n) is 2.23. The van der Waals surface area contributed by atoms with Gasteiger partial charge < -0.3 is 4.42 Å². The Morgan fingerprint density at radius 3 is 2.72 bits per heavy atom. The summed E-state index contributed by atoms with van der Waals surface area (Å²) >= 11 is 1.75. The summed E-state index contributed by atoms with van der Waals surface area (Å²) in [4.78, 5) is 13.3. The van der Waals surface area contributed by atoms with Crippen LogP contribution in [-0.4, -0.2) is 21.9 Å².